The van der Waals surface area contributed by atoms with Gasteiger partial charge in [-0.25, -0.2) is 4.79 Å². The average Bonchev–Trinajstić information content (AvgIpc) is 2.68. The Balaban J connectivity index is 2.11. The molecule has 98 valence electrons. The maximum atomic E-state index is 11.9. The van der Waals surface area contributed by atoms with Crippen molar-refractivity contribution in [2.24, 2.45) is 0 Å². The predicted molar refractivity (Wildman–Crippen MR) is 62.2 cm³/mol. The fourth-order valence-electron chi connectivity index (χ4n) is 1.81. The lowest BCUT2D eigenvalue weighted by atomic mass is 10.1. The molecule has 1 aliphatic rings. The zero-order valence-corrected chi connectivity index (χ0v) is 10.7. The minimum Gasteiger partial charge on any atom is -0.444 e. The summed E-state index contributed by atoms with van der Waals surface area (Å²) in [5.74, 6) is 0.193. The van der Waals surface area contributed by atoms with E-state index in [1.165, 1.54) is 0 Å². The largest absolute Gasteiger partial charge is 0.444 e. The van der Waals surface area contributed by atoms with Crippen LogP contribution in [0.25, 0.3) is 0 Å². The number of hydrogen-bond donors (Lipinski definition) is 0. The first-order chi connectivity index (χ1) is 8.40. The zero-order valence-electron chi connectivity index (χ0n) is 10.7. The van der Waals surface area contributed by atoms with Crippen LogP contribution in [0.4, 0.5) is 4.79 Å². The molecule has 1 aliphatic heterocycles. The van der Waals surface area contributed by atoms with Gasteiger partial charge in [-0.1, -0.05) is 5.16 Å². The molecule has 18 heavy (non-hydrogen) atoms. The number of rotatable bonds is 1. The molecule has 0 unspecified atom stereocenters. The summed E-state index contributed by atoms with van der Waals surface area (Å²) in [4.78, 5) is 24.2. The smallest absolute Gasteiger partial charge is 0.410 e. The van der Waals surface area contributed by atoms with Gasteiger partial charge in [0.05, 0.1) is 12.2 Å². The molecule has 0 spiro atoms. The lowest BCUT2D eigenvalue weighted by Crippen LogP contribution is -2.39. The van der Waals surface area contributed by atoms with Gasteiger partial charge in [0.2, 0.25) is 5.76 Å². The first-order valence-electron chi connectivity index (χ1n) is 5.81. The topological polar surface area (TPSA) is 72.6 Å². The molecule has 1 aromatic heterocycles. The highest BCUT2D eigenvalue weighted by molar-refractivity contribution is 5.74. The molecule has 0 aromatic carbocycles. The van der Waals surface area contributed by atoms with E-state index in [2.05, 4.69) is 5.16 Å². The van der Waals surface area contributed by atoms with Gasteiger partial charge in [0.25, 0.3) is 0 Å². The van der Waals surface area contributed by atoms with Crippen molar-refractivity contribution in [2.75, 3.05) is 6.54 Å². The normalized spacial score (nSPS) is 15.2. The summed E-state index contributed by atoms with van der Waals surface area (Å²) in [6.45, 7) is 6.28. The van der Waals surface area contributed by atoms with Crippen molar-refractivity contribution in [1.82, 2.24) is 10.1 Å². The maximum absolute atomic E-state index is 11.9. The highest BCUT2D eigenvalue weighted by Crippen LogP contribution is 2.22. The molecule has 6 nitrogen and oxygen atoms in total. The van der Waals surface area contributed by atoms with Crippen molar-refractivity contribution in [3.05, 3.63) is 17.0 Å². The quantitative estimate of drug-likeness (QED) is 0.712. The number of aldehydes is 1. The number of nitrogens with zero attached hydrogens (tertiary/aromatic N) is 2. The van der Waals surface area contributed by atoms with E-state index in [0.29, 0.717) is 31.4 Å². The molecular formula is C12H16N2O4. The SMILES string of the molecule is CC(C)(C)OC(=O)N1CCc2noc(C=O)c2C1. The van der Waals surface area contributed by atoms with E-state index in [-0.39, 0.29) is 11.9 Å². The summed E-state index contributed by atoms with van der Waals surface area (Å²) >= 11 is 0. The van der Waals surface area contributed by atoms with Gasteiger partial charge in [-0.15, -0.1) is 0 Å². The molecule has 0 saturated heterocycles. The summed E-state index contributed by atoms with van der Waals surface area (Å²) in [7, 11) is 0. The lowest BCUT2D eigenvalue weighted by Gasteiger charge is -2.29. The zero-order chi connectivity index (χ0) is 13.3. The summed E-state index contributed by atoms with van der Waals surface area (Å²) < 4.78 is 10.2. The standard InChI is InChI=1S/C12H16N2O4/c1-12(2,3)17-11(16)14-5-4-9-8(6-14)10(7-15)18-13-9/h7H,4-6H2,1-3H3. The molecule has 1 aromatic rings. The Bertz CT molecular complexity index is 473. The molecule has 0 fully saturated rings. The first-order valence-corrected chi connectivity index (χ1v) is 5.81. The molecule has 0 atom stereocenters. The number of aromatic nitrogens is 1. The molecule has 0 radical (unpaired) electrons. The Kier molecular flexibility index (Phi) is 3.11. The van der Waals surface area contributed by atoms with Gasteiger partial charge >= 0.3 is 6.09 Å². The number of carbonyl (C=O) groups excluding carboxylic acids is 2. The van der Waals surface area contributed by atoms with E-state index >= 15 is 0 Å². The van der Waals surface area contributed by atoms with E-state index in [9.17, 15) is 9.59 Å². The molecule has 0 saturated carbocycles. The summed E-state index contributed by atoms with van der Waals surface area (Å²) in [6, 6.07) is 0. The van der Waals surface area contributed by atoms with Crippen molar-refractivity contribution < 1.29 is 18.8 Å². The number of hydrogen-bond acceptors (Lipinski definition) is 5. The van der Waals surface area contributed by atoms with Crippen molar-refractivity contribution in [2.45, 2.75) is 39.3 Å². The van der Waals surface area contributed by atoms with Gasteiger partial charge in [-0.05, 0) is 20.8 Å². The van der Waals surface area contributed by atoms with Crippen LogP contribution in [0.2, 0.25) is 0 Å². The van der Waals surface area contributed by atoms with Crippen LogP contribution in [0.1, 0.15) is 42.6 Å². The molecule has 0 aliphatic carbocycles. The average molecular weight is 252 g/mol. The summed E-state index contributed by atoms with van der Waals surface area (Å²) in [5.41, 5.74) is 0.901. The second kappa shape index (κ2) is 4.44. The first kappa shape index (κ1) is 12.6. The van der Waals surface area contributed by atoms with Crippen LogP contribution < -0.4 is 0 Å². The molecule has 1 amide bonds. The molecule has 0 bridgehead atoms. The minimum absolute atomic E-state index is 0.193. The Morgan fingerprint density at radius 3 is 2.83 bits per heavy atom. The van der Waals surface area contributed by atoms with Gasteiger partial charge in [0.1, 0.15) is 5.60 Å². The predicted octanol–water partition coefficient (Wildman–Crippen LogP) is 1.78. The Labute approximate surface area is 105 Å². The number of ether oxygens (including phenoxy) is 1. The molecule has 0 N–H and O–H groups in total. The van der Waals surface area contributed by atoms with E-state index < -0.39 is 5.60 Å². The van der Waals surface area contributed by atoms with Crippen molar-refractivity contribution in [3.63, 3.8) is 0 Å². The third-order valence-electron chi connectivity index (χ3n) is 2.63. The Hall–Kier alpha value is -1.85. The van der Waals surface area contributed by atoms with Crippen LogP contribution in [-0.2, 0) is 17.7 Å². The Morgan fingerprint density at radius 2 is 2.22 bits per heavy atom. The van der Waals surface area contributed by atoms with Crippen LogP contribution in [0.5, 0.6) is 0 Å². The second-order valence-corrected chi connectivity index (χ2v) is 5.24. The Morgan fingerprint density at radius 1 is 1.50 bits per heavy atom. The molecule has 6 heteroatoms. The maximum Gasteiger partial charge on any atom is 0.410 e. The monoisotopic (exact) mass is 252 g/mol. The number of fused-ring (bicyclic) bond motifs is 1. The van der Waals surface area contributed by atoms with Crippen molar-refractivity contribution in [1.29, 1.82) is 0 Å². The van der Waals surface area contributed by atoms with Gasteiger partial charge in [0.15, 0.2) is 6.29 Å². The van der Waals surface area contributed by atoms with Crippen molar-refractivity contribution in [3.8, 4) is 0 Å². The fraction of sp³-hybridized carbons (Fsp3) is 0.583. The van der Waals surface area contributed by atoms with Crippen LogP contribution in [0.15, 0.2) is 4.52 Å². The second-order valence-electron chi connectivity index (χ2n) is 5.24. The molecular weight excluding hydrogens is 236 g/mol. The van der Waals surface area contributed by atoms with E-state index in [1.807, 2.05) is 20.8 Å². The van der Waals surface area contributed by atoms with Gasteiger partial charge in [-0.3, -0.25) is 4.79 Å². The fourth-order valence-corrected chi connectivity index (χ4v) is 1.81. The van der Waals surface area contributed by atoms with E-state index in [1.54, 1.807) is 4.90 Å². The molecule has 2 rings (SSSR count). The number of carbonyl (C=O) groups is 2. The van der Waals surface area contributed by atoms with Gasteiger partial charge in [-0.2, -0.15) is 0 Å². The molecule has 2 heterocycles. The highest BCUT2D eigenvalue weighted by atomic mass is 16.6. The summed E-state index contributed by atoms with van der Waals surface area (Å²) in [6.07, 6.45) is 0.808. The van der Waals surface area contributed by atoms with Crippen LogP contribution in [0.3, 0.4) is 0 Å². The lowest BCUT2D eigenvalue weighted by molar-refractivity contribution is 0.0223. The minimum atomic E-state index is -0.528. The van der Waals surface area contributed by atoms with Crippen molar-refractivity contribution >= 4 is 12.4 Å². The van der Waals surface area contributed by atoms with E-state index in [4.69, 9.17) is 9.26 Å². The van der Waals surface area contributed by atoms with Gasteiger partial charge in [0, 0.05) is 18.5 Å². The van der Waals surface area contributed by atoms with Gasteiger partial charge < -0.3 is 14.2 Å². The third-order valence-corrected chi connectivity index (χ3v) is 2.63. The highest BCUT2D eigenvalue weighted by Gasteiger charge is 2.29. The summed E-state index contributed by atoms with van der Waals surface area (Å²) in [5, 5.41) is 3.81. The van der Waals surface area contributed by atoms with E-state index in [0.717, 1.165) is 5.69 Å². The number of amides is 1. The van der Waals surface area contributed by atoms with Crippen LogP contribution >= 0.6 is 0 Å². The van der Waals surface area contributed by atoms with Crippen LogP contribution in [-0.4, -0.2) is 34.6 Å². The van der Waals surface area contributed by atoms with Crippen LogP contribution in [0, 0.1) is 0 Å². The third kappa shape index (κ3) is 2.52.